The molecule has 102 valence electrons. The first-order valence-electron chi connectivity index (χ1n) is 5.49. The molecule has 0 aliphatic heterocycles. The largest absolute Gasteiger partial charge is 0.573 e. The van der Waals surface area contributed by atoms with Gasteiger partial charge in [0.1, 0.15) is 5.75 Å². The van der Waals surface area contributed by atoms with E-state index in [4.69, 9.17) is 4.42 Å². The number of hydrogen-bond acceptors (Lipinski definition) is 3. The van der Waals surface area contributed by atoms with Crippen molar-refractivity contribution in [2.75, 3.05) is 0 Å². The van der Waals surface area contributed by atoms with Crippen molar-refractivity contribution >= 4 is 0 Å². The van der Waals surface area contributed by atoms with Crippen molar-refractivity contribution in [3.63, 3.8) is 0 Å². The van der Waals surface area contributed by atoms with Crippen LogP contribution in [0.3, 0.4) is 0 Å². The zero-order valence-electron chi connectivity index (χ0n) is 9.72. The van der Waals surface area contributed by atoms with Gasteiger partial charge in [0.05, 0.1) is 18.6 Å². The van der Waals surface area contributed by atoms with Gasteiger partial charge in [0.25, 0.3) is 0 Å². The summed E-state index contributed by atoms with van der Waals surface area (Å²) in [6, 6.07) is 7.01. The standard InChI is InChI=1S/C13H11F3O3/c14-13(15,16)19-11-3-1-9(2-4-11)7-12(17)10-5-6-18-8-10/h1-6,8,12,17H,7H2. The number of ether oxygens (including phenoxy) is 1. The number of alkyl halides is 3. The summed E-state index contributed by atoms with van der Waals surface area (Å²) in [6.45, 7) is 0. The molecule has 19 heavy (non-hydrogen) atoms. The van der Waals surface area contributed by atoms with Crippen molar-refractivity contribution in [2.24, 2.45) is 0 Å². The van der Waals surface area contributed by atoms with Crippen LogP contribution in [0, 0.1) is 0 Å². The van der Waals surface area contributed by atoms with Crippen molar-refractivity contribution in [1.29, 1.82) is 0 Å². The molecule has 1 N–H and O–H groups in total. The van der Waals surface area contributed by atoms with Crippen LogP contribution in [0.25, 0.3) is 0 Å². The highest BCUT2D eigenvalue weighted by atomic mass is 19.4. The summed E-state index contributed by atoms with van der Waals surface area (Å²) in [6.07, 6.45) is -2.30. The van der Waals surface area contributed by atoms with Gasteiger partial charge in [-0.1, -0.05) is 12.1 Å². The summed E-state index contributed by atoms with van der Waals surface area (Å²) < 4.78 is 44.5. The fourth-order valence-corrected chi connectivity index (χ4v) is 1.63. The van der Waals surface area contributed by atoms with Crippen molar-refractivity contribution in [2.45, 2.75) is 18.9 Å². The summed E-state index contributed by atoms with van der Waals surface area (Å²) in [5.74, 6) is -0.283. The third kappa shape index (κ3) is 4.03. The third-order valence-corrected chi connectivity index (χ3v) is 2.51. The Labute approximate surface area is 107 Å². The number of hydrogen-bond donors (Lipinski definition) is 1. The van der Waals surface area contributed by atoms with E-state index in [-0.39, 0.29) is 12.2 Å². The van der Waals surface area contributed by atoms with Crippen LogP contribution in [0.4, 0.5) is 13.2 Å². The maximum atomic E-state index is 12.0. The maximum absolute atomic E-state index is 12.0. The predicted molar refractivity (Wildman–Crippen MR) is 60.5 cm³/mol. The van der Waals surface area contributed by atoms with Crippen LogP contribution in [0.2, 0.25) is 0 Å². The van der Waals surface area contributed by atoms with Gasteiger partial charge in [-0.2, -0.15) is 0 Å². The van der Waals surface area contributed by atoms with Gasteiger partial charge in [-0.05, 0) is 23.8 Å². The van der Waals surface area contributed by atoms with Crippen LogP contribution in [-0.4, -0.2) is 11.5 Å². The van der Waals surface area contributed by atoms with Crippen LogP contribution < -0.4 is 4.74 Å². The van der Waals surface area contributed by atoms with Crippen LogP contribution in [0.1, 0.15) is 17.2 Å². The summed E-state index contributed by atoms with van der Waals surface area (Å²) in [7, 11) is 0. The Balaban J connectivity index is 1.99. The molecule has 0 fully saturated rings. The van der Waals surface area contributed by atoms with Gasteiger partial charge in [-0.15, -0.1) is 13.2 Å². The number of furan rings is 1. The molecule has 0 spiro atoms. The van der Waals surface area contributed by atoms with Crippen molar-refractivity contribution in [3.05, 3.63) is 54.0 Å². The molecule has 0 bridgehead atoms. The van der Waals surface area contributed by atoms with Crippen LogP contribution in [0.15, 0.2) is 47.3 Å². The summed E-state index contributed by atoms with van der Waals surface area (Å²) in [5, 5.41) is 9.85. The van der Waals surface area contributed by atoms with E-state index in [9.17, 15) is 18.3 Å². The van der Waals surface area contributed by atoms with E-state index in [1.165, 1.54) is 36.8 Å². The van der Waals surface area contributed by atoms with Gasteiger partial charge in [-0.3, -0.25) is 0 Å². The van der Waals surface area contributed by atoms with E-state index in [1.54, 1.807) is 6.07 Å². The topological polar surface area (TPSA) is 42.6 Å². The fourth-order valence-electron chi connectivity index (χ4n) is 1.63. The molecule has 1 heterocycles. The smallest absolute Gasteiger partial charge is 0.472 e. The first-order chi connectivity index (χ1) is 8.94. The molecule has 0 aliphatic rings. The van der Waals surface area contributed by atoms with Crippen LogP contribution in [0.5, 0.6) is 5.75 Å². The van der Waals surface area contributed by atoms with Crippen molar-refractivity contribution in [3.8, 4) is 5.75 Å². The first-order valence-corrected chi connectivity index (χ1v) is 5.49. The zero-order valence-corrected chi connectivity index (χ0v) is 9.72. The minimum atomic E-state index is -4.70. The van der Waals surface area contributed by atoms with Crippen molar-refractivity contribution in [1.82, 2.24) is 0 Å². The molecule has 1 unspecified atom stereocenters. The summed E-state index contributed by atoms with van der Waals surface area (Å²) in [5.41, 5.74) is 1.32. The van der Waals surface area contributed by atoms with Crippen molar-refractivity contribution < 1.29 is 27.4 Å². The van der Waals surface area contributed by atoms with Gasteiger partial charge in [-0.25, -0.2) is 0 Å². The Morgan fingerprint density at radius 2 is 1.84 bits per heavy atom. The lowest BCUT2D eigenvalue weighted by Gasteiger charge is -2.11. The SMILES string of the molecule is OC(Cc1ccc(OC(F)(F)F)cc1)c1ccoc1. The summed E-state index contributed by atoms with van der Waals surface area (Å²) >= 11 is 0. The maximum Gasteiger partial charge on any atom is 0.573 e. The molecule has 1 aromatic carbocycles. The molecule has 0 saturated heterocycles. The normalized spacial score (nSPS) is 13.3. The second-order valence-corrected chi connectivity index (χ2v) is 3.97. The Kier molecular flexibility index (Phi) is 3.80. The van der Waals surface area contributed by atoms with E-state index in [1.807, 2.05) is 0 Å². The lowest BCUT2D eigenvalue weighted by molar-refractivity contribution is -0.274. The monoisotopic (exact) mass is 272 g/mol. The molecule has 1 aromatic heterocycles. The van der Waals surface area contributed by atoms with Gasteiger partial charge in [0.15, 0.2) is 0 Å². The lowest BCUT2D eigenvalue weighted by Crippen LogP contribution is -2.17. The van der Waals surface area contributed by atoms with E-state index in [2.05, 4.69) is 4.74 Å². The minimum Gasteiger partial charge on any atom is -0.472 e. The Bertz CT molecular complexity index is 503. The second kappa shape index (κ2) is 5.36. The molecular weight excluding hydrogens is 261 g/mol. The molecular formula is C13H11F3O3. The molecule has 6 heteroatoms. The molecule has 0 radical (unpaired) electrons. The zero-order chi connectivity index (χ0) is 13.9. The Hall–Kier alpha value is -1.95. The molecule has 0 saturated carbocycles. The van der Waals surface area contributed by atoms with E-state index in [0.717, 1.165) is 0 Å². The van der Waals surface area contributed by atoms with Gasteiger partial charge in [0.2, 0.25) is 0 Å². The van der Waals surface area contributed by atoms with Gasteiger partial charge < -0.3 is 14.3 Å². The Morgan fingerprint density at radius 1 is 1.16 bits per heavy atom. The Morgan fingerprint density at radius 3 is 2.37 bits per heavy atom. The molecule has 0 amide bonds. The molecule has 1 atom stereocenters. The number of halogens is 3. The van der Waals surface area contributed by atoms with E-state index < -0.39 is 12.5 Å². The quantitative estimate of drug-likeness (QED) is 0.926. The average Bonchev–Trinajstić information content (AvgIpc) is 2.83. The molecule has 3 nitrogen and oxygen atoms in total. The van der Waals surface area contributed by atoms with Gasteiger partial charge in [0, 0.05) is 12.0 Å². The van der Waals surface area contributed by atoms with Gasteiger partial charge >= 0.3 is 6.36 Å². The van der Waals surface area contributed by atoms with E-state index in [0.29, 0.717) is 11.1 Å². The molecule has 2 aromatic rings. The molecule has 2 rings (SSSR count). The fraction of sp³-hybridized carbons (Fsp3) is 0.231. The number of aliphatic hydroxyl groups excluding tert-OH is 1. The lowest BCUT2D eigenvalue weighted by atomic mass is 10.0. The first kappa shape index (κ1) is 13.5. The summed E-state index contributed by atoms with van der Waals surface area (Å²) in [4.78, 5) is 0. The van der Waals surface area contributed by atoms with Crippen LogP contribution in [-0.2, 0) is 6.42 Å². The highest BCUT2D eigenvalue weighted by molar-refractivity contribution is 5.28. The third-order valence-electron chi connectivity index (χ3n) is 2.51. The highest BCUT2D eigenvalue weighted by Gasteiger charge is 2.30. The predicted octanol–water partition coefficient (Wildman–Crippen LogP) is 3.45. The molecule has 0 aliphatic carbocycles. The number of benzene rings is 1. The number of aliphatic hydroxyl groups is 1. The number of rotatable bonds is 4. The van der Waals surface area contributed by atoms with Crippen LogP contribution >= 0.6 is 0 Å². The second-order valence-electron chi connectivity index (χ2n) is 3.97. The average molecular weight is 272 g/mol. The minimum absolute atomic E-state index is 0.283. The van der Waals surface area contributed by atoms with E-state index >= 15 is 0 Å². The highest BCUT2D eigenvalue weighted by Crippen LogP contribution is 2.24.